The van der Waals surface area contributed by atoms with Gasteiger partial charge in [0.15, 0.2) is 23.2 Å². The number of fused-ring (bicyclic) bond motifs is 4. The summed E-state index contributed by atoms with van der Waals surface area (Å²) in [5.41, 5.74) is 10.6. The first-order valence-electron chi connectivity index (χ1n) is 18.1. The Morgan fingerprint density at radius 3 is 1.45 bits per heavy atom. The van der Waals surface area contributed by atoms with E-state index in [4.69, 9.17) is 26.5 Å². The van der Waals surface area contributed by atoms with E-state index < -0.39 is 0 Å². The van der Waals surface area contributed by atoms with Crippen LogP contribution in [-0.4, -0.2) is 24.5 Å². The summed E-state index contributed by atoms with van der Waals surface area (Å²) in [6.45, 7) is 7.78. The van der Waals surface area contributed by atoms with Crippen molar-refractivity contribution in [1.29, 1.82) is 0 Å². The second kappa shape index (κ2) is 13.3. The normalized spacial score (nSPS) is 11.3. The summed E-state index contributed by atoms with van der Waals surface area (Å²) >= 11 is 0. The van der Waals surface area contributed by atoms with E-state index in [0.29, 0.717) is 23.2 Å². The van der Waals surface area contributed by atoms with Gasteiger partial charge in [-0.15, -0.1) is 0 Å². The largest absolute Gasteiger partial charge is 0.294 e. The highest BCUT2D eigenvalue weighted by atomic mass is 15.1. The lowest BCUT2D eigenvalue weighted by Crippen LogP contribution is -2.00. The molecule has 6 heteroatoms. The van der Waals surface area contributed by atoms with Crippen molar-refractivity contribution in [2.24, 2.45) is 0 Å². The fraction of sp³-hybridized carbons (Fsp3) is 0. The molecule has 256 valence electrons. The van der Waals surface area contributed by atoms with Gasteiger partial charge < -0.3 is 0 Å². The van der Waals surface area contributed by atoms with Crippen LogP contribution in [0.1, 0.15) is 0 Å². The first-order chi connectivity index (χ1) is 27.2. The van der Waals surface area contributed by atoms with Gasteiger partial charge in [-0.05, 0) is 76.2 Å². The average molecular weight is 703 g/mol. The molecule has 55 heavy (non-hydrogen) atoms. The van der Waals surface area contributed by atoms with Gasteiger partial charge in [-0.25, -0.2) is 24.8 Å². The number of hydrogen-bond acceptors (Lipinski definition) is 4. The molecule has 10 rings (SSSR count). The summed E-state index contributed by atoms with van der Waals surface area (Å²) in [4.78, 5) is 24.0. The zero-order valence-electron chi connectivity index (χ0n) is 29.5. The highest BCUT2D eigenvalue weighted by Crippen LogP contribution is 2.37. The summed E-state index contributed by atoms with van der Waals surface area (Å²) in [6.07, 6.45) is 0. The molecule has 0 radical (unpaired) electrons. The molecule has 3 aromatic heterocycles. The van der Waals surface area contributed by atoms with Crippen LogP contribution in [0.2, 0.25) is 0 Å². The molecule has 0 saturated heterocycles. The van der Waals surface area contributed by atoms with Crippen molar-refractivity contribution in [2.45, 2.75) is 0 Å². The number of pyridine rings is 1. The lowest BCUT2D eigenvalue weighted by molar-refractivity contribution is 1.07. The van der Waals surface area contributed by atoms with Gasteiger partial charge in [0.2, 0.25) is 0 Å². The van der Waals surface area contributed by atoms with E-state index in [1.54, 1.807) is 0 Å². The first kappa shape index (κ1) is 31.9. The fourth-order valence-corrected chi connectivity index (χ4v) is 7.29. The van der Waals surface area contributed by atoms with Crippen molar-refractivity contribution in [3.05, 3.63) is 193 Å². The molecule has 0 bridgehead atoms. The third kappa shape index (κ3) is 5.87. The SMILES string of the molecule is [C-]#[N+]c1ccc2c(c1)c1cc(-c3nc(-c4ccc(-c5ccccc5)cc4)nc(-c4ccc(-c5ccccc5)cc4)n3)ccc1n2-c1ccc2ccccc2n1. The van der Waals surface area contributed by atoms with Crippen LogP contribution in [0.5, 0.6) is 0 Å². The van der Waals surface area contributed by atoms with Crippen LogP contribution in [0, 0.1) is 6.57 Å². The first-order valence-corrected chi connectivity index (χ1v) is 18.1. The van der Waals surface area contributed by atoms with Gasteiger partial charge in [0, 0.05) is 27.5 Å². The zero-order chi connectivity index (χ0) is 36.7. The Balaban J connectivity index is 1.14. The highest BCUT2D eigenvalue weighted by molar-refractivity contribution is 6.11. The molecule has 6 nitrogen and oxygen atoms in total. The van der Waals surface area contributed by atoms with Crippen LogP contribution in [-0.2, 0) is 0 Å². The van der Waals surface area contributed by atoms with E-state index in [1.165, 1.54) is 0 Å². The lowest BCUT2D eigenvalue weighted by atomic mass is 10.0. The van der Waals surface area contributed by atoms with Crippen LogP contribution in [0.4, 0.5) is 5.69 Å². The van der Waals surface area contributed by atoms with E-state index >= 15 is 0 Å². The Labute approximate surface area is 317 Å². The Bertz CT molecular complexity index is 2970. The molecular weight excluding hydrogens is 673 g/mol. The van der Waals surface area contributed by atoms with Crippen molar-refractivity contribution >= 4 is 38.4 Å². The van der Waals surface area contributed by atoms with Gasteiger partial charge in [-0.1, -0.05) is 133 Å². The Morgan fingerprint density at radius 1 is 0.382 bits per heavy atom. The number of rotatable bonds is 6. The number of aromatic nitrogens is 5. The van der Waals surface area contributed by atoms with Crippen molar-refractivity contribution in [1.82, 2.24) is 24.5 Å². The van der Waals surface area contributed by atoms with Crippen LogP contribution >= 0.6 is 0 Å². The molecule has 7 aromatic carbocycles. The predicted molar refractivity (Wildman–Crippen MR) is 223 cm³/mol. The smallest absolute Gasteiger partial charge is 0.188 e. The molecule has 0 saturated carbocycles. The molecule has 0 N–H and O–H groups in total. The van der Waals surface area contributed by atoms with Crippen LogP contribution in [0.25, 0.3) is 99.8 Å². The van der Waals surface area contributed by atoms with Crippen LogP contribution < -0.4 is 0 Å². The maximum Gasteiger partial charge on any atom is 0.188 e. The topological polar surface area (TPSA) is 60.9 Å². The average Bonchev–Trinajstić information content (AvgIpc) is 3.59. The van der Waals surface area contributed by atoms with Crippen LogP contribution in [0.15, 0.2) is 182 Å². The zero-order valence-corrected chi connectivity index (χ0v) is 29.5. The molecular formula is C49H30N6. The van der Waals surface area contributed by atoms with Gasteiger partial charge in [-0.3, -0.25) is 4.57 Å². The van der Waals surface area contributed by atoms with Crippen molar-refractivity contribution in [3.63, 3.8) is 0 Å². The quantitative estimate of drug-likeness (QED) is 0.162. The minimum Gasteiger partial charge on any atom is -0.294 e. The third-order valence-corrected chi connectivity index (χ3v) is 10.1. The molecule has 0 aliphatic rings. The maximum atomic E-state index is 7.78. The Kier molecular flexibility index (Phi) is 7.75. The minimum absolute atomic E-state index is 0.562. The highest BCUT2D eigenvalue weighted by Gasteiger charge is 2.18. The Hall–Kier alpha value is -7.75. The predicted octanol–water partition coefficient (Wildman–Crippen LogP) is 12.4. The van der Waals surface area contributed by atoms with Gasteiger partial charge in [0.25, 0.3) is 0 Å². The number of para-hydroxylation sites is 1. The summed E-state index contributed by atoms with van der Waals surface area (Å²) < 4.78 is 2.17. The molecule has 0 aliphatic carbocycles. The van der Waals surface area contributed by atoms with E-state index in [1.807, 2.05) is 72.8 Å². The van der Waals surface area contributed by atoms with Crippen molar-refractivity contribution in [2.75, 3.05) is 0 Å². The second-order valence-corrected chi connectivity index (χ2v) is 13.4. The summed E-state index contributed by atoms with van der Waals surface area (Å²) in [5.74, 6) is 2.55. The van der Waals surface area contributed by atoms with E-state index in [9.17, 15) is 0 Å². The number of hydrogen-bond donors (Lipinski definition) is 0. The molecule has 0 aliphatic heterocycles. The van der Waals surface area contributed by atoms with Crippen molar-refractivity contribution < 1.29 is 0 Å². The van der Waals surface area contributed by atoms with Gasteiger partial charge in [-0.2, -0.15) is 0 Å². The minimum atomic E-state index is 0.562. The van der Waals surface area contributed by atoms with Gasteiger partial charge in [0.1, 0.15) is 5.82 Å². The second-order valence-electron chi connectivity index (χ2n) is 13.4. The molecule has 10 aromatic rings. The van der Waals surface area contributed by atoms with Gasteiger partial charge >= 0.3 is 0 Å². The summed E-state index contributed by atoms with van der Waals surface area (Å²) in [7, 11) is 0. The van der Waals surface area contributed by atoms with Gasteiger partial charge in [0.05, 0.1) is 23.1 Å². The number of benzene rings is 7. The molecule has 0 fully saturated rings. The van der Waals surface area contributed by atoms with E-state index in [2.05, 4.69) is 119 Å². The van der Waals surface area contributed by atoms with Crippen LogP contribution in [0.3, 0.4) is 0 Å². The van der Waals surface area contributed by atoms with E-state index in [-0.39, 0.29) is 0 Å². The molecule has 0 amide bonds. The summed E-state index contributed by atoms with van der Waals surface area (Å²) in [6, 6.07) is 61.8. The third-order valence-electron chi connectivity index (χ3n) is 10.1. The molecule has 0 unspecified atom stereocenters. The maximum absolute atomic E-state index is 7.78. The fourth-order valence-electron chi connectivity index (χ4n) is 7.29. The summed E-state index contributed by atoms with van der Waals surface area (Å²) in [5, 5.41) is 3.02. The standard InChI is InChI=1S/C49H30N6/c1-50-40-26-28-45-42(31-40)41-30-39(24-27-44(41)55(45)46-29-25-36-14-8-9-15-43(36)51-46)49-53-47(37-20-16-34(17-21-37)32-10-4-2-5-11-32)52-48(54-49)38-22-18-35(19-23-38)33-12-6-3-7-13-33/h2-31H. The monoisotopic (exact) mass is 702 g/mol. The van der Waals surface area contributed by atoms with Crippen molar-refractivity contribution in [3.8, 4) is 62.2 Å². The molecule has 0 spiro atoms. The molecule has 3 heterocycles. The Morgan fingerprint density at radius 2 is 0.855 bits per heavy atom. The van der Waals surface area contributed by atoms with E-state index in [0.717, 1.165) is 77.5 Å². The molecule has 0 atom stereocenters. The lowest BCUT2D eigenvalue weighted by Gasteiger charge is -2.11. The number of nitrogens with zero attached hydrogens (tertiary/aromatic N) is 6.